The van der Waals surface area contributed by atoms with Crippen LogP contribution in [-0.4, -0.2) is 53.5 Å². The number of rotatable bonds is 5. The molecule has 0 bridgehead atoms. The first-order chi connectivity index (χ1) is 12.5. The third-order valence-electron chi connectivity index (χ3n) is 4.71. The molecule has 2 atom stereocenters. The lowest BCUT2D eigenvalue weighted by Gasteiger charge is -2.24. The highest BCUT2D eigenvalue weighted by atomic mass is 16.6. The van der Waals surface area contributed by atoms with Crippen LogP contribution in [0, 0.1) is 10.1 Å². The molecular formula is C17H22N4O5. The van der Waals surface area contributed by atoms with E-state index >= 15 is 0 Å². The molecule has 0 radical (unpaired) electrons. The lowest BCUT2D eigenvalue weighted by atomic mass is 10.2. The minimum atomic E-state index is -0.537. The van der Waals surface area contributed by atoms with Gasteiger partial charge in [-0.05, 0) is 43.5 Å². The number of carbonyl (C=O) groups excluding carboxylic acids is 2. The molecule has 2 heterocycles. The maximum atomic E-state index is 12.4. The second kappa shape index (κ2) is 8.13. The Kier molecular flexibility index (Phi) is 5.67. The number of amides is 2. The number of nitrogens with zero attached hydrogens (tertiary/aromatic N) is 2. The van der Waals surface area contributed by atoms with Crippen molar-refractivity contribution in [3.63, 3.8) is 0 Å². The van der Waals surface area contributed by atoms with E-state index in [0.29, 0.717) is 18.5 Å². The SMILES string of the molecule is O=C(N[C@H]1CCNC1)[C@@H]1CCCN1C(=O)OCc1ccc([N+](=O)[O-])cc1. The van der Waals surface area contributed by atoms with Gasteiger partial charge in [0.05, 0.1) is 4.92 Å². The Morgan fingerprint density at radius 2 is 2.08 bits per heavy atom. The second-order valence-corrected chi connectivity index (χ2v) is 6.53. The van der Waals surface area contributed by atoms with E-state index in [-0.39, 0.29) is 24.2 Å². The average molecular weight is 362 g/mol. The fourth-order valence-electron chi connectivity index (χ4n) is 3.27. The van der Waals surface area contributed by atoms with Gasteiger partial charge in [-0.15, -0.1) is 0 Å². The number of carbonyl (C=O) groups is 2. The van der Waals surface area contributed by atoms with Crippen molar-refractivity contribution in [1.82, 2.24) is 15.5 Å². The van der Waals surface area contributed by atoms with Crippen molar-refractivity contribution in [2.75, 3.05) is 19.6 Å². The van der Waals surface area contributed by atoms with Crippen LogP contribution < -0.4 is 10.6 Å². The summed E-state index contributed by atoms with van der Waals surface area (Å²) < 4.78 is 5.29. The third-order valence-corrected chi connectivity index (χ3v) is 4.71. The number of ether oxygens (including phenoxy) is 1. The fraction of sp³-hybridized carbons (Fsp3) is 0.529. The van der Waals surface area contributed by atoms with Crippen LogP contribution in [0.3, 0.4) is 0 Å². The van der Waals surface area contributed by atoms with Gasteiger partial charge in [-0.1, -0.05) is 0 Å². The molecule has 3 rings (SSSR count). The number of nitro groups is 1. The number of benzene rings is 1. The molecule has 2 fully saturated rings. The molecule has 2 aliphatic heterocycles. The van der Waals surface area contributed by atoms with Crippen molar-refractivity contribution in [1.29, 1.82) is 0 Å². The van der Waals surface area contributed by atoms with Crippen molar-refractivity contribution in [2.45, 2.75) is 38.0 Å². The van der Waals surface area contributed by atoms with E-state index in [1.165, 1.54) is 17.0 Å². The number of nitro benzene ring substituents is 1. The smallest absolute Gasteiger partial charge is 0.410 e. The van der Waals surface area contributed by atoms with Crippen molar-refractivity contribution < 1.29 is 19.2 Å². The van der Waals surface area contributed by atoms with Gasteiger partial charge < -0.3 is 15.4 Å². The van der Waals surface area contributed by atoms with Crippen molar-refractivity contribution in [3.05, 3.63) is 39.9 Å². The molecule has 2 saturated heterocycles. The van der Waals surface area contributed by atoms with Gasteiger partial charge in [-0.2, -0.15) is 0 Å². The molecule has 1 aromatic carbocycles. The molecule has 0 aliphatic carbocycles. The second-order valence-electron chi connectivity index (χ2n) is 6.53. The molecule has 0 spiro atoms. The van der Waals surface area contributed by atoms with Crippen LogP contribution in [-0.2, 0) is 16.1 Å². The van der Waals surface area contributed by atoms with Gasteiger partial charge in [0.1, 0.15) is 12.6 Å². The number of non-ortho nitro benzene ring substituents is 1. The standard InChI is InChI=1S/C17H22N4O5/c22-16(19-13-7-8-18-10-13)15-2-1-9-20(15)17(23)26-11-12-3-5-14(6-4-12)21(24)25/h3-6,13,15,18H,1-2,7-11H2,(H,19,22)/t13-,15-/m0/s1. The first kappa shape index (κ1) is 18.1. The molecule has 140 valence electrons. The lowest BCUT2D eigenvalue weighted by molar-refractivity contribution is -0.384. The quantitative estimate of drug-likeness (QED) is 0.600. The molecule has 26 heavy (non-hydrogen) atoms. The summed E-state index contributed by atoms with van der Waals surface area (Å²) in [5.41, 5.74) is 0.638. The zero-order valence-corrected chi connectivity index (χ0v) is 14.3. The summed E-state index contributed by atoms with van der Waals surface area (Å²) in [6, 6.07) is 5.44. The van der Waals surface area contributed by atoms with Crippen LogP contribution in [0.25, 0.3) is 0 Å². The van der Waals surface area contributed by atoms with E-state index in [2.05, 4.69) is 10.6 Å². The van der Waals surface area contributed by atoms with E-state index in [1.54, 1.807) is 12.1 Å². The van der Waals surface area contributed by atoms with Gasteiger partial charge in [-0.3, -0.25) is 19.8 Å². The molecule has 2 N–H and O–H groups in total. The van der Waals surface area contributed by atoms with E-state index < -0.39 is 17.1 Å². The maximum Gasteiger partial charge on any atom is 0.410 e. The number of likely N-dealkylation sites (tertiary alicyclic amines) is 1. The highest BCUT2D eigenvalue weighted by Crippen LogP contribution is 2.20. The molecule has 0 unspecified atom stereocenters. The van der Waals surface area contributed by atoms with E-state index in [9.17, 15) is 19.7 Å². The molecule has 2 amide bonds. The van der Waals surface area contributed by atoms with E-state index in [0.717, 1.165) is 25.9 Å². The van der Waals surface area contributed by atoms with Crippen molar-refractivity contribution in [3.8, 4) is 0 Å². The Labute approximate surface area is 150 Å². The normalized spacial score (nSPS) is 22.2. The van der Waals surface area contributed by atoms with Crippen molar-refractivity contribution in [2.24, 2.45) is 0 Å². The molecule has 0 saturated carbocycles. The van der Waals surface area contributed by atoms with Crippen LogP contribution in [0.15, 0.2) is 24.3 Å². The topological polar surface area (TPSA) is 114 Å². The zero-order valence-electron chi connectivity index (χ0n) is 14.3. The van der Waals surface area contributed by atoms with Crippen LogP contribution in [0.4, 0.5) is 10.5 Å². The monoisotopic (exact) mass is 362 g/mol. The molecule has 9 nitrogen and oxygen atoms in total. The minimum Gasteiger partial charge on any atom is -0.445 e. The summed E-state index contributed by atoms with van der Waals surface area (Å²) in [5.74, 6) is -0.136. The van der Waals surface area contributed by atoms with E-state index in [4.69, 9.17) is 4.74 Å². The Morgan fingerprint density at radius 1 is 1.31 bits per heavy atom. The predicted octanol–water partition coefficient (Wildman–Crippen LogP) is 1.17. The molecule has 0 aromatic heterocycles. The van der Waals surface area contributed by atoms with Crippen LogP contribution in [0.5, 0.6) is 0 Å². The first-order valence-corrected chi connectivity index (χ1v) is 8.72. The van der Waals surface area contributed by atoms with Gasteiger partial charge in [0, 0.05) is 31.3 Å². The fourth-order valence-corrected chi connectivity index (χ4v) is 3.27. The average Bonchev–Trinajstić information content (AvgIpc) is 3.31. The van der Waals surface area contributed by atoms with Gasteiger partial charge in [-0.25, -0.2) is 4.79 Å². The highest BCUT2D eigenvalue weighted by molar-refractivity contribution is 5.86. The summed E-state index contributed by atoms with van der Waals surface area (Å²) in [7, 11) is 0. The van der Waals surface area contributed by atoms with Crippen LogP contribution in [0.1, 0.15) is 24.8 Å². The summed E-state index contributed by atoms with van der Waals surface area (Å²) in [5, 5.41) is 16.8. The third kappa shape index (κ3) is 4.29. The number of hydrogen-bond acceptors (Lipinski definition) is 6. The summed E-state index contributed by atoms with van der Waals surface area (Å²) in [6.45, 7) is 2.13. The highest BCUT2D eigenvalue weighted by Gasteiger charge is 2.36. The Hall–Kier alpha value is -2.68. The Bertz CT molecular complexity index is 672. The Morgan fingerprint density at radius 3 is 2.73 bits per heavy atom. The first-order valence-electron chi connectivity index (χ1n) is 8.72. The minimum absolute atomic E-state index is 0.00815. The molecule has 9 heteroatoms. The van der Waals surface area contributed by atoms with Crippen LogP contribution in [0.2, 0.25) is 0 Å². The van der Waals surface area contributed by atoms with Gasteiger partial charge in [0.2, 0.25) is 5.91 Å². The van der Waals surface area contributed by atoms with Crippen molar-refractivity contribution >= 4 is 17.7 Å². The molecule has 2 aliphatic rings. The summed E-state index contributed by atoms with van der Waals surface area (Å²) in [6.07, 6.45) is 1.74. The maximum absolute atomic E-state index is 12.4. The van der Waals surface area contributed by atoms with Gasteiger partial charge in [0.25, 0.3) is 5.69 Å². The largest absolute Gasteiger partial charge is 0.445 e. The summed E-state index contributed by atoms with van der Waals surface area (Å²) >= 11 is 0. The van der Waals surface area contributed by atoms with Gasteiger partial charge >= 0.3 is 6.09 Å². The van der Waals surface area contributed by atoms with E-state index in [1.807, 2.05) is 0 Å². The predicted molar refractivity (Wildman–Crippen MR) is 92.4 cm³/mol. The number of hydrogen-bond donors (Lipinski definition) is 2. The lowest BCUT2D eigenvalue weighted by Crippen LogP contribution is -2.49. The zero-order chi connectivity index (χ0) is 18.5. The molecule has 1 aromatic rings. The Balaban J connectivity index is 1.52. The number of nitrogens with one attached hydrogen (secondary N) is 2. The van der Waals surface area contributed by atoms with Gasteiger partial charge in [0.15, 0.2) is 0 Å². The van der Waals surface area contributed by atoms with Crippen LogP contribution >= 0.6 is 0 Å². The summed E-state index contributed by atoms with van der Waals surface area (Å²) in [4.78, 5) is 36.4. The molecular weight excluding hydrogens is 340 g/mol.